The monoisotopic (exact) mass is 290 g/mol. The molecule has 0 aliphatic carbocycles. The minimum atomic E-state index is -3.86. The predicted octanol–water partition coefficient (Wildman–Crippen LogP) is 1.24. The summed E-state index contributed by atoms with van der Waals surface area (Å²) in [6, 6.07) is 3.07. The summed E-state index contributed by atoms with van der Waals surface area (Å²) >= 11 is 0. The first-order valence-electron chi connectivity index (χ1n) is 6.01. The van der Waals surface area contributed by atoms with E-state index in [1.165, 1.54) is 0 Å². The molecule has 0 saturated carbocycles. The molecule has 5 nitrogen and oxygen atoms in total. The van der Waals surface area contributed by atoms with E-state index in [2.05, 4.69) is 4.72 Å². The summed E-state index contributed by atoms with van der Waals surface area (Å²) in [5.74, 6) is -0.602. The van der Waals surface area contributed by atoms with Gasteiger partial charge in [0.15, 0.2) is 0 Å². The van der Waals surface area contributed by atoms with E-state index < -0.39 is 21.4 Å². The highest BCUT2D eigenvalue weighted by molar-refractivity contribution is 7.89. The second kappa shape index (κ2) is 5.85. The summed E-state index contributed by atoms with van der Waals surface area (Å²) in [7, 11) is -3.86. The maximum absolute atomic E-state index is 12.9. The third kappa shape index (κ3) is 3.89. The molecule has 0 saturated heterocycles. The van der Waals surface area contributed by atoms with E-state index in [-0.39, 0.29) is 17.1 Å². The summed E-state index contributed by atoms with van der Waals surface area (Å²) in [5, 5.41) is 10.0. The molecule has 7 heteroatoms. The first-order valence-corrected chi connectivity index (χ1v) is 7.49. The van der Waals surface area contributed by atoms with Crippen molar-refractivity contribution < 1.29 is 17.9 Å². The molecule has 0 radical (unpaired) electrons. The van der Waals surface area contributed by atoms with Crippen molar-refractivity contribution in [1.29, 1.82) is 0 Å². The molecule has 1 aromatic rings. The third-order valence-electron chi connectivity index (χ3n) is 3.17. The van der Waals surface area contributed by atoms with E-state index in [1.54, 1.807) is 13.8 Å². The SMILES string of the molecule is CCC(O)(CC)CNS(=O)(=O)c1ccc(F)cc1N. The second-order valence-corrected chi connectivity index (χ2v) is 6.17. The highest BCUT2D eigenvalue weighted by atomic mass is 32.2. The van der Waals surface area contributed by atoms with Gasteiger partial charge in [0.2, 0.25) is 10.0 Å². The molecule has 0 spiro atoms. The van der Waals surface area contributed by atoms with Crippen LogP contribution in [0.4, 0.5) is 10.1 Å². The van der Waals surface area contributed by atoms with Crippen molar-refractivity contribution in [3.63, 3.8) is 0 Å². The van der Waals surface area contributed by atoms with E-state index in [1.807, 2.05) is 0 Å². The number of benzene rings is 1. The number of hydrogen-bond acceptors (Lipinski definition) is 4. The van der Waals surface area contributed by atoms with Crippen LogP contribution < -0.4 is 10.5 Å². The number of hydrogen-bond donors (Lipinski definition) is 3. The number of nitrogens with two attached hydrogens (primary N) is 1. The van der Waals surface area contributed by atoms with Crippen LogP contribution in [-0.4, -0.2) is 25.7 Å². The molecule has 4 N–H and O–H groups in total. The van der Waals surface area contributed by atoms with Crippen LogP contribution in [0, 0.1) is 5.82 Å². The van der Waals surface area contributed by atoms with Crippen molar-refractivity contribution in [3.8, 4) is 0 Å². The summed E-state index contributed by atoms with van der Waals surface area (Å²) in [5.41, 5.74) is 4.23. The Morgan fingerprint density at radius 2 is 1.95 bits per heavy atom. The fourth-order valence-corrected chi connectivity index (χ4v) is 2.80. The lowest BCUT2D eigenvalue weighted by Crippen LogP contribution is -2.42. The molecule has 19 heavy (non-hydrogen) atoms. The van der Waals surface area contributed by atoms with Gasteiger partial charge in [0, 0.05) is 6.54 Å². The molecule has 1 aromatic carbocycles. The molecule has 0 amide bonds. The van der Waals surface area contributed by atoms with Gasteiger partial charge in [-0.15, -0.1) is 0 Å². The van der Waals surface area contributed by atoms with E-state index >= 15 is 0 Å². The number of halogens is 1. The van der Waals surface area contributed by atoms with Gasteiger partial charge in [-0.05, 0) is 31.0 Å². The largest absolute Gasteiger partial charge is 0.398 e. The van der Waals surface area contributed by atoms with Crippen LogP contribution in [0.5, 0.6) is 0 Å². The Kier molecular flexibility index (Phi) is 4.89. The van der Waals surface area contributed by atoms with Crippen molar-refractivity contribution in [2.24, 2.45) is 0 Å². The summed E-state index contributed by atoms with van der Waals surface area (Å²) in [6.07, 6.45) is 0.843. The number of nitrogen functional groups attached to an aromatic ring is 1. The van der Waals surface area contributed by atoms with Gasteiger partial charge in [-0.25, -0.2) is 17.5 Å². The number of anilines is 1. The second-order valence-electron chi connectivity index (χ2n) is 4.44. The summed E-state index contributed by atoms with van der Waals surface area (Å²) in [4.78, 5) is -0.191. The Balaban J connectivity index is 2.93. The van der Waals surface area contributed by atoms with Gasteiger partial charge in [0.1, 0.15) is 10.7 Å². The zero-order chi connectivity index (χ0) is 14.7. The van der Waals surface area contributed by atoms with Crippen molar-refractivity contribution in [3.05, 3.63) is 24.0 Å². The normalized spacial score (nSPS) is 12.6. The van der Waals surface area contributed by atoms with Crippen molar-refractivity contribution in [1.82, 2.24) is 4.72 Å². The Hall–Kier alpha value is -1.18. The fourth-order valence-electron chi connectivity index (χ4n) is 1.57. The standard InChI is InChI=1S/C12H19FN2O3S/c1-3-12(16,4-2)8-15-19(17,18)11-6-5-9(13)7-10(11)14/h5-7,15-16H,3-4,8,14H2,1-2H3. The maximum Gasteiger partial charge on any atom is 0.242 e. The first kappa shape index (κ1) is 15.9. The quantitative estimate of drug-likeness (QED) is 0.687. The van der Waals surface area contributed by atoms with E-state index in [9.17, 15) is 17.9 Å². The number of aliphatic hydroxyl groups is 1. The van der Waals surface area contributed by atoms with Gasteiger partial charge < -0.3 is 10.8 Å². The topological polar surface area (TPSA) is 92.4 Å². The van der Waals surface area contributed by atoms with Crippen molar-refractivity contribution in [2.45, 2.75) is 37.2 Å². The molecule has 0 fully saturated rings. The van der Waals surface area contributed by atoms with Crippen LogP contribution >= 0.6 is 0 Å². The average Bonchev–Trinajstić information content (AvgIpc) is 2.35. The van der Waals surface area contributed by atoms with E-state index in [4.69, 9.17) is 5.73 Å². The zero-order valence-corrected chi connectivity index (χ0v) is 11.8. The smallest absolute Gasteiger partial charge is 0.242 e. The van der Waals surface area contributed by atoms with Crippen molar-refractivity contribution >= 4 is 15.7 Å². The lowest BCUT2D eigenvalue weighted by atomic mass is 9.98. The van der Waals surface area contributed by atoms with Crippen LogP contribution in [-0.2, 0) is 10.0 Å². The highest BCUT2D eigenvalue weighted by Gasteiger charge is 2.26. The number of sulfonamides is 1. The molecule has 108 valence electrons. The maximum atomic E-state index is 12.9. The third-order valence-corrected chi connectivity index (χ3v) is 4.64. The van der Waals surface area contributed by atoms with Crippen LogP contribution in [0.2, 0.25) is 0 Å². The molecule has 0 aliphatic rings. The highest BCUT2D eigenvalue weighted by Crippen LogP contribution is 2.20. The molecule has 0 aliphatic heterocycles. The van der Waals surface area contributed by atoms with Crippen LogP contribution in [0.15, 0.2) is 23.1 Å². The van der Waals surface area contributed by atoms with Crippen LogP contribution in [0.3, 0.4) is 0 Å². The van der Waals surface area contributed by atoms with E-state index in [0.29, 0.717) is 12.8 Å². The van der Waals surface area contributed by atoms with Crippen LogP contribution in [0.25, 0.3) is 0 Å². The van der Waals surface area contributed by atoms with Gasteiger partial charge >= 0.3 is 0 Å². The van der Waals surface area contributed by atoms with Gasteiger partial charge in [-0.2, -0.15) is 0 Å². The zero-order valence-electron chi connectivity index (χ0n) is 11.0. The van der Waals surface area contributed by atoms with Crippen LogP contribution in [0.1, 0.15) is 26.7 Å². The first-order chi connectivity index (χ1) is 8.74. The Labute approximate surface area is 112 Å². The van der Waals surface area contributed by atoms with Gasteiger partial charge in [-0.1, -0.05) is 13.8 Å². The molecule has 0 atom stereocenters. The van der Waals surface area contributed by atoms with Gasteiger partial charge in [0.05, 0.1) is 11.3 Å². The number of rotatable bonds is 6. The Bertz CT molecular complexity index is 542. The molecule has 0 heterocycles. The fraction of sp³-hybridized carbons (Fsp3) is 0.500. The van der Waals surface area contributed by atoms with Gasteiger partial charge in [-0.3, -0.25) is 0 Å². The minimum absolute atomic E-state index is 0.112. The lowest BCUT2D eigenvalue weighted by Gasteiger charge is -2.25. The molecular weight excluding hydrogens is 271 g/mol. The number of nitrogens with one attached hydrogen (secondary N) is 1. The van der Waals surface area contributed by atoms with E-state index in [0.717, 1.165) is 18.2 Å². The minimum Gasteiger partial charge on any atom is -0.398 e. The predicted molar refractivity (Wildman–Crippen MR) is 71.5 cm³/mol. The lowest BCUT2D eigenvalue weighted by molar-refractivity contribution is 0.0377. The molecule has 0 unspecified atom stereocenters. The average molecular weight is 290 g/mol. The molecule has 1 rings (SSSR count). The Morgan fingerprint density at radius 3 is 2.42 bits per heavy atom. The summed E-state index contributed by atoms with van der Waals surface area (Å²) < 4.78 is 39.2. The molecular formula is C12H19FN2O3S. The Morgan fingerprint density at radius 1 is 1.37 bits per heavy atom. The van der Waals surface area contributed by atoms with Crippen molar-refractivity contribution in [2.75, 3.05) is 12.3 Å². The molecule has 0 aromatic heterocycles. The summed E-state index contributed by atoms with van der Waals surface area (Å²) in [6.45, 7) is 3.42. The molecule has 0 bridgehead atoms. The van der Waals surface area contributed by atoms with Gasteiger partial charge in [0.25, 0.3) is 0 Å².